The summed E-state index contributed by atoms with van der Waals surface area (Å²) >= 11 is 0. The van der Waals surface area contributed by atoms with Crippen molar-refractivity contribution in [2.24, 2.45) is 11.8 Å². The number of hydrogen-bond donors (Lipinski definition) is 1. The normalized spacial score (nSPS) is 16.1. The maximum absolute atomic E-state index is 13.7. The highest BCUT2D eigenvalue weighted by Gasteiger charge is 3.00. The molecule has 0 rings (SSSR count). The molecule has 0 aliphatic carbocycles. The molecule has 6 N–H and O–H groups in total. The van der Waals surface area contributed by atoms with Gasteiger partial charge in [-0.15, -0.1) is 0 Å². The molecule has 0 heterocycles. The summed E-state index contributed by atoms with van der Waals surface area (Å²) in [6.07, 6.45) is -43.0. The van der Waals surface area contributed by atoms with E-state index in [9.17, 15) is 303 Å². The first-order valence-corrected chi connectivity index (χ1v) is 36.3. The molecule has 0 saturated heterocycles. The molecule has 4 nitrogen and oxygen atoms in total. The van der Waals surface area contributed by atoms with Crippen molar-refractivity contribution < 1.29 is 319 Å². The van der Waals surface area contributed by atoms with Crippen LogP contribution in [0.15, 0.2) is 0 Å². The van der Waals surface area contributed by atoms with Gasteiger partial charge in [0.05, 0.1) is 0 Å². The third-order valence-electron chi connectivity index (χ3n) is 15.9. The molecule has 0 aliphatic rings. The van der Waals surface area contributed by atoms with Gasteiger partial charge in [-0.25, -0.2) is 0 Å². The van der Waals surface area contributed by atoms with E-state index in [-0.39, 0.29) is 18.4 Å². The van der Waals surface area contributed by atoms with Gasteiger partial charge in [-0.05, 0) is 43.8 Å². The molecular formula is C52H54F68O4Si2+2. The summed E-state index contributed by atoms with van der Waals surface area (Å²) in [6.45, 7) is 7.82. The standard InChI is InChI=1S/C13H13F17OSi.2C13H11F17.C12H11F17OSi.CH3.2H2O/c1-31-32(2,3)5-4-6(14,15)7(16,17)8(18,19)9(20,21)10(22,23)11(24,25)12(26,27)13(28,29)30;2*1-5(2)3-4-6(14,15)7(16,17)8(18,19)9(20,21)10(22,23)11(24,25)12(26,27)13(28,29)30;1-31(2,30)4-3-5(13,14)6(15,16)7(17,18)8(19,20)9(21,22)10(23,24)11(25,26)12(27,28)29;;;/h4-5H2,1-3H3;2*5H,3-4H2,1-2H3;30H,3-4H2,1-2H3;1H3;2*1H2/q;;;;+1;;/p+1. The monoisotopic (exact) mass is 2090 g/mol. The second-order valence-corrected chi connectivity index (χ2v) is 36.0. The summed E-state index contributed by atoms with van der Waals surface area (Å²) in [7, 11) is -6.02. The molecule has 0 unspecified atom stereocenters. The van der Waals surface area contributed by atoms with E-state index in [0.717, 1.165) is 61.0 Å². The first-order valence-electron chi connectivity index (χ1n) is 30.0. The molecule has 0 saturated carbocycles. The van der Waals surface area contributed by atoms with E-state index in [1.165, 1.54) is 0 Å². The minimum atomic E-state index is -8.62. The van der Waals surface area contributed by atoms with Crippen molar-refractivity contribution in [3.05, 3.63) is 7.43 Å². The van der Waals surface area contributed by atoms with E-state index in [1.807, 2.05) is 0 Å². The van der Waals surface area contributed by atoms with Crippen LogP contribution in [0.3, 0.4) is 0 Å². The minimum absolute atomic E-state index is 0. The van der Waals surface area contributed by atoms with E-state index < -0.39 is 270 Å². The Morgan fingerprint density at radius 3 is 0.421 bits per heavy atom. The lowest BCUT2D eigenvalue weighted by atomic mass is 9.87. The second kappa shape index (κ2) is 37.3. The van der Waals surface area contributed by atoms with E-state index in [2.05, 4.69) is 4.43 Å². The summed E-state index contributed by atoms with van der Waals surface area (Å²) < 4.78 is 887. The largest absolute Gasteiger partial charge is 0.533 e. The third-order valence-corrected chi connectivity index (χ3v) is 20.1. The van der Waals surface area contributed by atoms with E-state index >= 15 is 0 Å². The lowest BCUT2D eigenvalue weighted by Gasteiger charge is -2.43. The van der Waals surface area contributed by atoms with E-state index in [1.54, 1.807) is 0 Å². The average molecular weight is 2090 g/mol. The van der Waals surface area contributed by atoms with Gasteiger partial charge in [0.1, 0.15) is 7.11 Å². The first kappa shape index (κ1) is 134. The maximum atomic E-state index is 13.7. The fraction of sp³-hybridized carbons (Fsp3) is 0.981. The summed E-state index contributed by atoms with van der Waals surface area (Å²) in [5.74, 6) is -225. The van der Waals surface area contributed by atoms with Crippen LogP contribution in [0.1, 0.15) is 66.2 Å². The van der Waals surface area contributed by atoms with Crippen molar-refractivity contribution in [2.45, 2.75) is 295 Å². The Morgan fingerprint density at radius 1 is 0.198 bits per heavy atom. The highest BCUT2D eigenvalue weighted by molar-refractivity contribution is 6.70. The van der Waals surface area contributed by atoms with Crippen LogP contribution in [0.5, 0.6) is 0 Å². The fourth-order valence-corrected chi connectivity index (χ4v) is 9.47. The number of halogens is 68. The van der Waals surface area contributed by atoms with Crippen LogP contribution in [0.25, 0.3) is 0 Å². The molecule has 0 amide bonds. The van der Waals surface area contributed by atoms with Crippen LogP contribution in [-0.4, -0.2) is 234 Å². The Bertz CT molecular complexity index is 3290. The molecule has 0 radical (unpaired) electrons. The molecular weight excluding hydrogens is 2040 g/mol. The molecule has 0 bridgehead atoms. The zero-order chi connectivity index (χ0) is 103. The van der Waals surface area contributed by atoms with Crippen molar-refractivity contribution in [1.29, 1.82) is 0 Å². The predicted molar refractivity (Wildman–Crippen MR) is 289 cm³/mol. The molecule has 768 valence electrons. The first-order chi connectivity index (χ1) is 51.8. The lowest BCUT2D eigenvalue weighted by Crippen LogP contribution is -2.74. The van der Waals surface area contributed by atoms with Crippen LogP contribution >= 0.6 is 0 Å². The summed E-state index contributed by atoms with van der Waals surface area (Å²) in [6, 6.07) is -2.59. The second-order valence-electron chi connectivity index (χ2n) is 27.3. The van der Waals surface area contributed by atoms with Gasteiger partial charge in [-0.2, -0.15) is 299 Å². The fourth-order valence-electron chi connectivity index (χ4n) is 7.39. The van der Waals surface area contributed by atoms with Gasteiger partial charge in [0.25, 0.3) is 0 Å². The van der Waals surface area contributed by atoms with Crippen molar-refractivity contribution in [3.63, 3.8) is 0 Å². The molecule has 0 aromatic rings. The molecule has 0 aromatic heterocycles. The summed E-state index contributed by atoms with van der Waals surface area (Å²) in [5, 5.41) is 0. The van der Waals surface area contributed by atoms with Gasteiger partial charge in [0.15, 0.2) is 8.32 Å². The number of rotatable bonds is 37. The Labute approximate surface area is 657 Å². The van der Waals surface area contributed by atoms with Crippen LogP contribution in [0.2, 0.25) is 38.3 Å². The number of alkyl halides is 68. The number of hydrogen-bond acceptors (Lipinski definition) is 1. The van der Waals surface area contributed by atoms with Crippen LogP contribution in [-0.2, 0) is 0 Å². The molecule has 0 aromatic carbocycles. The van der Waals surface area contributed by atoms with Gasteiger partial charge in [-0.3, -0.25) is 0 Å². The van der Waals surface area contributed by atoms with Crippen LogP contribution in [0, 0.1) is 19.3 Å². The third kappa shape index (κ3) is 21.9. The van der Waals surface area contributed by atoms with Gasteiger partial charge < -0.3 is 20.2 Å². The lowest BCUT2D eigenvalue weighted by molar-refractivity contribution is -0.461. The highest BCUT2D eigenvalue weighted by Crippen LogP contribution is 2.71. The molecule has 0 aliphatic heterocycles. The Kier molecular flexibility index (Phi) is 39.8. The topological polar surface area (TPSA) is 96.0 Å². The summed E-state index contributed by atoms with van der Waals surface area (Å²) in [4.78, 5) is 9.23. The van der Waals surface area contributed by atoms with Crippen LogP contribution in [0.4, 0.5) is 299 Å². The Morgan fingerprint density at radius 2 is 0.310 bits per heavy atom. The smallest absolute Gasteiger partial charge is 0.460 e. The van der Waals surface area contributed by atoms with E-state index in [4.69, 9.17) is 0 Å². The van der Waals surface area contributed by atoms with Crippen molar-refractivity contribution >= 4 is 16.6 Å². The summed E-state index contributed by atoms with van der Waals surface area (Å²) in [5.41, 5.74) is 0. The van der Waals surface area contributed by atoms with Crippen molar-refractivity contribution in [1.82, 2.24) is 0 Å². The van der Waals surface area contributed by atoms with E-state index in [0.29, 0.717) is 0 Å². The molecule has 0 atom stereocenters. The maximum Gasteiger partial charge on any atom is 0.460 e. The molecule has 126 heavy (non-hydrogen) atoms. The quantitative estimate of drug-likeness (QED) is 0.0285. The SMILES string of the molecule is CC(C)CCC(F)(F)C(F)(F)C(F)(F)C(F)(F)C(F)(F)C(F)(F)C(F)(F)C(F)(F)F.CC(C)CCC(F)(F)C(F)(F)C(F)(F)C(F)(F)C(F)(F)C(F)(F)C(F)(F)C(F)(F)F.C[OH+][Si](C)(C)CCC(F)(F)C(F)(F)C(F)(F)C(F)(F)C(F)(F)C(F)(F)C(F)(F)C(F)(F)F.C[Si](C)(O)CCC(F)(F)C(F)(F)C(F)(F)C(F)(F)C(F)(F)C(F)(F)C(F)(F)C(F)(F)F.O.O.[CH3+]. The predicted octanol–water partition coefficient (Wildman–Crippen LogP) is 27.0. The molecule has 74 heteroatoms. The zero-order valence-electron chi connectivity index (χ0n) is 61.4. The van der Waals surface area contributed by atoms with Gasteiger partial charge in [0, 0.05) is 52.2 Å². The van der Waals surface area contributed by atoms with Gasteiger partial charge >= 0.3 is 199 Å². The Hall–Kier alpha value is -4.62. The molecule has 0 fully saturated rings. The van der Waals surface area contributed by atoms with Crippen molar-refractivity contribution in [2.75, 3.05) is 7.11 Å². The number of aliphatic hydroxyl groups is 1. The average Bonchev–Trinajstić information content (AvgIpc) is 0.705. The Balaban J connectivity index is -0.000000297. The van der Waals surface area contributed by atoms with Gasteiger partial charge in [-0.1, -0.05) is 27.7 Å². The van der Waals surface area contributed by atoms with Gasteiger partial charge in [0.2, 0.25) is 0 Å². The molecule has 0 spiro atoms. The minimum Gasteiger partial charge on any atom is -0.533 e. The zero-order valence-corrected chi connectivity index (χ0v) is 63.4. The highest BCUT2D eigenvalue weighted by atomic mass is 28.4. The van der Waals surface area contributed by atoms with Crippen LogP contribution < -0.4 is 0 Å². The van der Waals surface area contributed by atoms with Crippen molar-refractivity contribution in [3.8, 4) is 0 Å².